The van der Waals surface area contributed by atoms with E-state index in [1.807, 2.05) is 30.3 Å². The molecule has 4 aromatic rings. The van der Waals surface area contributed by atoms with Crippen molar-refractivity contribution in [2.24, 2.45) is 5.92 Å². The van der Waals surface area contributed by atoms with Crippen molar-refractivity contribution >= 4 is 33.8 Å². The van der Waals surface area contributed by atoms with E-state index in [0.29, 0.717) is 48.5 Å². The van der Waals surface area contributed by atoms with Gasteiger partial charge in [0.1, 0.15) is 17.7 Å². The molecule has 45 heavy (non-hydrogen) atoms. The molecule has 5 rings (SSSR count). The van der Waals surface area contributed by atoms with E-state index < -0.39 is 23.3 Å². The van der Waals surface area contributed by atoms with Crippen LogP contribution in [0.3, 0.4) is 0 Å². The highest BCUT2D eigenvalue weighted by atomic mass is 32.2. The maximum Gasteiger partial charge on any atom is 0.323 e. The van der Waals surface area contributed by atoms with Crippen molar-refractivity contribution in [3.63, 3.8) is 0 Å². The van der Waals surface area contributed by atoms with Gasteiger partial charge in [0.25, 0.3) is 5.56 Å². The molecule has 2 N–H and O–H groups in total. The molecule has 3 aromatic carbocycles. The Balaban J connectivity index is 1.28. The van der Waals surface area contributed by atoms with Gasteiger partial charge in [0.15, 0.2) is 0 Å². The summed E-state index contributed by atoms with van der Waals surface area (Å²) in [7, 11) is 0. The number of aryl methyl sites for hydroxylation is 1. The highest BCUT2D eigenvalue weighted by Crippen LogP contribution is 2.22. The number of hydrogen-bond acceptors (Lipinski definition) is 6. The minimum atomic E-state index is -2.46. The Bertz CT molecular complexity index is 1840. The fraction of sp³-hybridized carbons (Fsp3) is 0.303. The van der Waals surface area contributed by atoms with Crippen molar-refractivity contribution in [1.29, 1.82) is 0 Å². The van der Waals surface area contributed by atoms with Crippen LogP contribution in [0, 0.1) is 30.5 Å². The highest BCUT2D eigenvalue weighted by Gasteiger charge is 2.38. The molecular weight excluding hydrogens is 597 g/mol. The molecule has 2 atom stereocenters. The number of piperazine rings is 1. The highest BCUT2D eigenvalue weighted by molar-refractivity contribution is 7.76. The Morgan fingerprint density at radius 1 is 1.00 bits per heavy atom. The van der Waals surface area contributed by atoms with Crippen molar-refractivity contribution in [2.45, 2.75) is 33.4 Å². The number of anilines is 1. The van der Waals surface area contributed by atoms with Gasteiger partial charge in [0, 0.05) is 43.0 Å². The van der Waals surface area contributed by atoms with E-state index in [2.05, 4.69) is 21.7 Å². The molecule has 10 nitrogen and oxygen atoms in total. The molecule has 234 valence electrons. The molecular formula is C33H34FN5O5S. The van der Waals surface area contributed by atoms with E-state index in [4.69, 9.17) is 0 Å². The first-order valence-corrected chi connectivity index (χ1v) is 15.6. The summed E-state index contributed by atoms with van der Waals surface area (Å²) in [6, 6.07) is 18.0. The van der Waals surface area contributed by atoms with E-state index in [1.54, 1.807) is 54.6 Å². The Hall–Kier alpha value is -4.41. The molecule has 12 heteroatoms. The van der Waals surface area contributed by atoms with Crippen LogP contribution in [0.1, 0.15) is 36.4 Å². The lowest BCUT2D eigenvalue weighted by atomic mass is 10.1. The lowest BCUT2D eigenvalue weighted by molar-refractivity contribution is -0.148. The standard InChI is InChI=1S/C33H34FN5O5S/c1-22(2)31(33(41)42)39(45(43)44)37-18-16-36(17-19-37)28-13-8-24(9-14-28)4-5-25-10-15-30-29(20-25)32(40)38(23(3)35-30)21-26-6-11-27(34)12-7-26/h6-15,20,22,31H,16-19,21H2,1-3H3,(H,41,42)(H,43,44). The minimum absolute atomic E-state index is 0.189. The maximum atomic E-state index is 13.4. The Morgan fingerprint density at radius 2 is 1.62 bits per heavy atom. The number of hydrogen-bond donors (Lipinski definition) is 2. The summed E-state index contributed by atoms with van der Waals surface area (Å²) in [6.45, 7) is 7.37. The molecule has 2 heterocycles. The molecule has 2 unspecified atom stereocenters. The zero-order chi connectivity index (χ0) is 32.2. The van der Waals surface area contributed by atoms with Gasteiger partial charge < -0.3 is 10.0 Å². The van der Waals surface area contributed by atoms with E-state index in [1.165, 1.54) is 12.1 Å². The first kappa shape index (κ1) is 32.0. The Kier molecular flexibility index (Phi) is 9.74. The Labute approximate surface area is 263 Å². The van der Waals surface area contributed by atoms with Gasteiger partial charge >= 0.3 is 5.97 Å². The summed E-state index contributed by atoms with van der Waals surface area (Å²) < 4.78 is 37.9. The van der Waals surface area contributed by atoms with Crippen molar-refractivity contribution in [3.05, 3.63) is 105 Å². The molecule has 1 saturated heterocycles. The molecule has 0 bridgehead atoms. The van der Waals surface area contributed by atoms with E-state index in [-0.39, 0.29) is 23.8 Å². The molecule has 1 fully saturated rings. The van der Waals surface area contributed by atoms with Gasteiger partial charge in [-0.25, -0.2) is 18.6 Å². The number of hydrazine groups is 1. The van der Waals surface area contributed by atoms with Gasteiger partial charge in [-0.05, 0) is 73.0 Å². The first-order chi connectivity index (χ1) is 21.5. The number of nitrogens with zero attached hydrogens (tertiary/aromatic N) is 5. The molecule has 0 aliphatic carbocycles. The van der Waals surface area contributed by atoms with Gasteiger partial charge in [-0.3, -0.25) is 18.7 Å². The predicted octanol–water partition coefficient (Wildman–Crippen LogP) is 3.88. The van der Waals surface area contributed by atoms with Crippen molar-refractivity contribution in [3.8, 4) is 11.8 Å². The first-order valence-electron chi connectivity index (χ1n) is 14.5. The topological polar surface area (TPSA) is 119 Å². The fourth-order valence-corrected chi connectivity index (χ4v) is 6.31. The van der Waals surface area contributed by atoms with E-state index in [9.17, 15) is 27.8 Å². The summed E-state index contributed by atoms with van der Waals surface area (Å²) in [4.78, 5) is 31.9. The zero-order valence-electron chi connectivity index (χ0n) is 25.2. The molecule has 1 aliphatic rings. The second kappa shape index (κ2) is 13.7. The number of carboxylic acids is 1. The maximum absolute atomic E-state index is 13.4. The van der Waals surface area contributed by atoms with E-state index >= 15 is 0 Å². The van der Waals surface area contributed by atoms with Crippen molar-refractivity contribution in [1.82, 2.24) is 19.0 Å². The second-order valence-corrected chi connectivity index (χ2v) is 12.0. The predicted molar refractivity (Wildman–Crippen MR) is 171 cm³/mol. The number of rotatable bonds is 8. The lowest BCUT2D eigenvalue weighted by Crippen LogP contribution is -2.60. The largest absolute Gasteiger partial charge is 0.480 e. The SMILES string of the molecule is Cc1nc2ccc(C#Cc3ccc(N4CCN(N(C(C(=O)O)C(C)C)S(=O)O)CC4)cc3)cc2c(=O)n1Cc1ccc(F)cc1. The molecule has 0 spiro atoms. The third kappa shape index (κ3) is 7.29. The molecule has 0 amide bonds. The molecule has 0 saturated carbocycles. The summed E-state index contributed by atoms with van der Waals surface area (Å²) in [5.41, 5.74) is 3.61. The third-order valence-electron chi connectivity index (χ3n) is 7.80. The van der Waals surface area contributed by atoms with Crippen LogP contribution < -0.4 is 10.5 Å². The number of carboxylic acid groups (broad SMARTS) is 1. The van der Waals surface area contributed by atoms with Crippen LogP contribution in [0.5, 0.6) is 0 Å². The quantitative estimate of drug-likeness (QED) is 0.222. The molecule has 1 aromatic heterocycles. The second-order valence-electron chi connectivity index (χ2n) is 11.2. The third-order valence-corrected chi connectivity index (χ3v) is 8.58. The fourth-order valence-electron chi connectivity index (χ4n) is 5.43. The van der Waals surface area contributed by atoms with Crippen LogP contribution in [-0.4, -0.2) is 71.0 Å². The minimum Gasteiger partial charge on any atom is -0.480 e. The average molecular weight is 632 g/mol. The normalized spacial score (nSPS) is 15.2. The monoisotopic (exact) mass is 631 g/mol. The molecule has 1 aliphatic heterocycles. The van der Waals surface area contributed by atoms with Crippen LogP contribution in [0.15, 0.2) is 71.5 Å². The summed E-state index contributed by atoms with van der Waals surface area (Å²) >= 11 is -2.46. The van der Waals surface area contributed by atoms with Crippen LogP contribution in [0.2, 0.25) is 0 Å². The van der Waals surface area contributed by atoms with Gasteiger partial charge in [-0.2, -0.15) is 0 Å². The van der Waals surface area contributed by atoms with Crippen molar-refractivity contribution in [2.75, 3.05) is 31.1 Å². The van der Waals surface area contributed by atoms with Crippen LogP contribution >= 0.6 is 0 Å². The van der Waals surface area contributed by atoms with Gasteiger partial charge in [0.05, 0.1) is 17.4 Å². The number of carbonyl (C=O) groups is 1. The van der Waals surface area contributed by atoms with Crippen LogP contribution in [0.4, 0.5) is 10.1 Å². The zero-order valence-corrected chi connectivity index (χ0v) is 26.0. The summed E-state index contributed by atoms with van der Waals surface area (Å²) in [5.74, 6) is 5.02. The van der Waals surface area contributed by atoms with Crippen LogP contribution in [0.25, 0.3) is 10.9 Å². The van der Waals surface area contributed by atoms with E-state index in [0.717, 1.165) is 21.2 Å². The summed E-state index contributed by atoms with van der Waals surface area (Å²) in [6.07, 6.45) is 0. The molecule has 0 radical (unpaired) electrons. The number of halogens is 1. The smallest absolute Gasteiger partial charge is 0.323 e. The van der Waals surface area contributed by atoms with Crippen molar-refractivity contribution < 1.29 is 23.1 Å². The summed E-state index contributed by atoms with van der Waals surface area (Å²) in [5, 5.41) is 11.7. The lowest BCUT2D eigenvalue weighted by Gasteiger charge is -2.42. The van der Waals surface area contributed by atoms with Crippen LogP contribution in [-0.2, 0) is 22.6 Å². The number of aromatic nitrogens is 2. The number of fused-ring (bicyclic) bond motifs is 1. The van der Waals surface area contributed by atoms with Gasteiger partial charge in [-0.1, -0.05) is 37.8 Å². The Morgan fingerprint density at radius 3 is 2.22 bits per heavy atom. The average Bonchev–Trinajstić information content (AvgIpc) is 3.01. The van der Waals surface area contributed by atoms with Gasteiger partial charge in [-0.15, -0.1) is 4.41 Å². The van der Waals surface area contributed by atoms with Gasteiger partial charge in [0.2, 0.25) is 11.3 Å². The number of benzene rings is 3. The number of aliphatic carboxylic acids is 1.